The van der Waals surface area contributed by atoms with Gasteiger partial charge >= 0.3 is 0 Å². The number of rotatable bonds is 2. The van der Waals surface area contributed by atoms with E-state index in [-0.39, 0.29) is 0 Å². The molecule has 0 saturated heterocycles. The van der Waals surface area contributed by atoms with E-state index in [1.54, 1.807) is 0 Å². The van der Waals surface area contributed by atoms with Gasteiger partial charge in [-0.1, -0.05) is 0 Å². The highest BCUT2D eigenvalue weighted by atomic mass is 127. The van der Waals surface area contributed by atoms with Crippen molar-refractivity contribution in [1.29, 1.82) is 0 Å². The monoisotopic (exact) mass is 198 g/mol. The van der Waals surface area contributed by atoms with Gasteiger partial charge < -0.3 is 3.07 Å². The molecule has 1 rings (SSSR count). The molecule has 0 aromatic rings. The Hall–Kier alpha value is 0.690. The van der Waals surface area contributed by atoms with E-state index < -0.39 is 0 Å². The van der Waals surface area contributed by atoms with Gasteiger partial charge in [-0.2, -0.15) is 0 Å². The van der Waals surface area contributed by atoms with E-state index in [2.05, 4.69) is 0 Å². The summed E-state index contributed by atoms with van der Waals surface area (Å²) in [4.78, 5) is 0. The first-order chi connectivity index (χ1) is 2.93. The van der Waals surface area contributed by atoms with Gasteiger partial charge in [-0.3, -0.25) is 0 Å². The molecule has 0 amide bonds. The zero-order valence-corrected chi connectivity index (χ0v) is 5.64. The van der Waals surface area contributed by atoms with Crippen LogP contribution in [-0.2, 0) is 3.07 Å². The fourth-order valence-electron chi connectivity index (χ4n) is 0.374. The highest BCUT2D eigenvalue weighted by molar-refractivity contribution is 14.1. The van der Waals surface area contributed by atoms with Crippen molar-refractivity contribution in [3.05, 3.63) is 0 Å². The lowest BCUT2D eigenvalue weighted by Gasteiger charge is -1.84. The predicted octanol–water partition coefficient (Wildman–Crippen LogP) is 1.76. The quantitative estimate of drug-likeness (QED) is 0.614. The third-order valence-corrected chi connectivity index (χ3v) is 1.36. The highest BCUT2D eigenvalue weighted by Gasteiger charge is 2.20. The Bertz CT molecular complexity index is 42.8. The SMILES string of the molecule is IOCC1CC1. The van der Waals surface area contributed by atoms with Gasteiger partial charge in [0.2, 0.25) is 0 Å². The Morgan fingerprint density at radius 1 is 1.67 bits per heavy atom. The summed E-state index contributed by atoms with van der Waals surface area (Å²) in [7, 11) is 0. The van der Waals surface area contributed by atoms with Gasteiger partial charge in [0, 0.05) is 0 Å². The van der Waals surface area contributed by atoms with Crippen molar-refractivity contribution in [2.75, 3.05) is 6.61 Å². The average Bonchev–Trinajstić information content (AvgIpc) is 2.21. The summed E-state index contributed by atoms with van der Waals surface area (Å²) in [5.41, 5.74) is 0. The molecule has 0 unspecified atom stereocenters. The molecule has 0 N–H and O–H groups in total. The maximum Gasteiger partial charge on any atom is 0.109 e. The van der Waals surface area contributed by atoms with Crippen LogP contribution in [0.1, 0.15) is 12.8 Å². The van der Waals surface area contributed by atoms with Gasteiger partial charge in [-0.25, -0.2) is 0 Å². The molecule has 2 heteroatoms. The fourth-order valence-corrected chi connectivity index (χ4v) is 0.882. The lowest BCUT2D eigenvalue weighted by atomic mass is 10.5. The first kappa shape index (κ1) is 4.84. The smallest absolute Gasteiger partial charge is 0.109 e. The molecule has 6 heavy (non-hydrogen) atoms. The summed E-state index contributed by atoms with van der Waals surface area (Å²) in [6, 6.07) is 0. The van der Waals surface area contributed by atoms with Crippen LogP contribution in [0, 0.1) is 5.92 Å². The normalized spacial score (nSPS) is 21.5. The molecule has 1 fully saturated rings. The zero-order valence-electron chi connectivity index (χ0n) is 3.48. The Morgan fingerprint density at radius 3 is 2.50 bits per heavy atom. The summed E-state index contributed by atoms with van der Waals surface area (Å²) in [6.45, 7) is 0.973. The molecular weight excluding hydrogens is 191 g/mol. The number of halogens is 1. The van der Waals surface area contributed by atoms with Crippen molar-refractivity contribution in [1.82, 2.24) is 0 Å². The van der Waals surface area contributed by atoms with Crippen LogP contribution in [-0.4, -0.2) is 6.61 Å². The summed E-state index contributed by atoms with van der Waals surface area (Å²) in [5.74, 6) is 0.918. The fraction of sp³-hybridized carbons (Fsp3) is 1.00. The van der Waals surface area contributed by atoms with Crippen LogP contribution in [0.3, 0.4) is 0 Å². The third-order valence-electron chi connectivity index (χ3n) is 0.996. The summed E-state index contributed by atoms with van der Waals surface area (Å²) >= 11 is 1.94. The van der Waals surface area contributed by atoms with Gasteiger partial charge in [-0.05, 0) is 18.8 Å². The molecule has 0 aromatic heterocycles. The average molecular weight is 198 g/mol. The minimum atomic E-state index is 0.918. The lowest BCUT2D eigenvalue weighted by molar-refractivity contribution is 0.400. The first-order valence-corrected chi connectivity index (χ1v) is 3.05. The second kappa shape index (κ2) is 2.12. The van der Waals surface area contributed by atoms with Crippen molar-refractivity contribution in [3.63, 3.8) is 0 Å². The molecule has 0 aromatic carbocycles. The standard InChI is InChI=1S/C4H7IO/c5-6-3-4-1-2-4/h4H,1-3H2. The highest BCUT2D eigenvalue weighted by Crippen LogP contribution is 2.29. The van der Waals surface area contributed by atoms with E-state index in [1.807, 2.05) is 23.0 Å². The Morgan fingerprint density at radius 2 is 2.33 bits per heavy atom. The summed E-state index contributed by atoms with van der Waals surface area (Å²) < 4.78 is 4.84. The second-order valence-corrected chi connectivity index (χ2v) is 2.34. The van der Waals surface area contributed by atoms with Gasteiger partial charge in [-0.15, -0.1) is 0 Å². The predicted molar refractivity (Wildman–Crippen MR) is 32.7 cm³/mol. The maximum absolute atomic E-state index is 4.84. The van der Waals surface area contributed by atoms with E-state index in [9.17, 15) is 0 Å². The minimum absolute atomic E-state index is 0.918. The summed E-state index contributed by atoms with van der Waals surface area (Å²) in [5, 5.41) is 0. The van der Waals surface area contributed by atoms with Crippen molar-refractivity contribution in [2.24, 2.45) is 5.92 Å². The third kappa shape index (κ3) is 1.43. The molecule has 0 atom stereocenters. The van der Waals surface area contributed by atoms with E-state index in [0.29, 0.717) is 0 Å². The van der Waals surface area contributed by atoms with Crippen LogP contribution >= 0.6 is 23.0 Å². The van der Waals surface area contributed by atoms with Crippen molar-refractivity contribution < 1.29 is 3.07 Å². The largest absolute Gasteiger partial charge is 0.316 e. The van der Waals surface area contributed by atoms with Crippen LogP contribution in [0.25, 0.3) is 0 Å². The number of hydrogen-bond donors (Lipinski definition) is 0. The molecule has 0 bridgehead atoms. The Balaban J connectivity index is 1.88. The van der Waals surface area contributed by atoms with Gasteiger partial charge in [0.15, 0.2) is 0 Å². The Kier molecular flexibility index (Phi) is 1.71. The molecular formula is C4H7IO. The lowest BCUT2D eigenvalue weighted by Crippen LogP contribution is -1.81. The first-order valence-electron chi connectivity index (χ1n) is 2.17. The molecule has 0 spiro atoms. The van der Waals surface area contributed by atoms with Crippen molar-refractivity contribution >= 4 is 23.0 Å². The molecule has 0 radical (unpaired) electrons. The van der Waals surface area contributed by atoms with Crippen LogP contribution in [0.5, 0.6) is 0 Å². The maximum atomic E-state index is 4.84. The van der Waals surface area contributed by atoms with Crippen LogP contribution in [0.4, 0.5) is 0 Å². The van der Waals surface area contributed by atoms with Crippen LogP contribution in [0.15, 0.2) is 0 Å². The van der Waals surface area contributed by atoms with Gasteiger partial charge in [0.25, 0.3) is 0 Å². The van der Waals surface area contributed by atoms with E-state index in [4.69, 9.17) is 3.07 Å². The van der Waals surface area contributed by atoms with Crippen molar-refractivity contribution in [2.45, 2.75) is 12.8 Å². The van der Waals surface area contributed by atoms with Crippen LogP contribution < -0.4 is 0 Å². The minimum Gasteiger partial charge on any atom is -0.316 e. The molecule has 1 nitrogen and oxygen atoms in total. The van der Waals surface area contributed by atoms with E-state index in [1.165, 1.54) is 12.8 Å². The Labute approximate surface area is 51.8 Å². The second-order valence-electron chi connectivity index (χ2n) is 1.72. The van der Waals surface area contributed by atoms with E-state index >= 15 is 0 Å². The van der Waals surface area contributed by atoms with Gasteiger partial charge in [0.1, 0.15) is 23.0 Å². The topological polar surface area (TPSA) is 9.23 Å². The van der Waals surface area contributed by atoms with E-state index in [0.717, 1.165) is 12.5 Å². The summed E-state index contributed by atoms with van der Waals surface area (Å²) in [6.07, 6.45) is 2.78. The molecule has 1 saturated carbocycles. The molecule has 1 aliphatic carbocycles. The zero-order chi connectivity index (χ0) is 4.41. The van der Waals surface area contributed by atoms with Gasteiger partial charge in [0.05, 0.1) is 6.61 Å². The number of hydrogen-bond acceptors (Lipinski definition) is 1. The van der Waals surface area contributed by atoms with Crippen LogP contribution in [0.2, 0.25) is 0 Å². The molecule has 0 heterocycles. The molecule has 1 aliphatic rings. The molecule has 0 aliphatic heterocycles. The molecule has 36 valence electrons. The van der Waals surface area contributed by atoms with Crippen molar-refractivity contribution in [3.8, 4) is 0 Å².